The predicted molar refractivity (Wildman–Crippen MR) is 64.2 cm³/mol. The van der Waals surface area contributed by atoms with Crippen LogP contribution in [0.2, 0.25) is 0 Å². The lowest BCUT2D eigenvalue weighted by atomic mass is 10.2. The van der Waals surface area contributed by atoms with Crippen molar-refractivity contribution in [1.82, 2.24) is 4.90 Å². The lowest BCUT2D eigenvalue weighted by Gasteiger charge is -2.25. The number of thioether (sulfide) groups is 1. The maximum atomic E-state index is 11.7. The second-order valence-corrected chi connectivity index (χ2v) is 6.44. The molecule has 0 aromatic heterocycles. The fourth-order valence-electron chi connectivity index (χ4n) is 1.76. The predicted octanol–water partition coefficient (Wildman–Crippen LogP) is 1.77. The van der Waals surface area contributed by atoms with Gasteiger partial charge in [-0.05, 0) is 40.8 Å². The number of rotatable bonds is 4. The Labute approximate surface area is 96.5 Å². The van der Waals surface area contributed by atoms with Gasteiger partial charge in [0.1, 0.15) is 4.75 Å². The van der Waals surface area contributed by atoms with Crippen molar-refractivity contribution in [3.8, 4) is 0 Å². The SMILES string of the molecule is CCOC(=O)C(C)(C)SC1CCN(C)C1. The molecule has 0 saturated carbocycles. The van der Waals surface area contributed by atoms with Crippen molar-refractivity contribution in [3.05, 3.63) is 0 Å². The third-order valence-electron chi connectivity index (χ3n) is 2.58. The van der Waals surface area contributed by atoms with Gasteiger partial charge in [0.2, 0.25) is 0 Å². The molecule has 0 aliphatic carbocycles. The van der Waals surface area contributed by atoms with Crippen molar-refractivity contribution < 1.29 is 9.53 Å². The van der Waals surface area contributed by atoms with Crippen molar-refractivity contribution in [1.29, 1.82) is 0 Å². The van der Waals surface area contributed by atoms with E-state index in [9.17, 15) is 4.79 Å². The van der Waals surface area contributed by atoms with E-state index in [0.717, 1.165) is 13.1 Å². The number of likely N-dealkylation sites (tertiary alicyclic amines) is 1. The van der Waals surface area contributed by atoms with Gasteiger partial charge in [0, 0.05) is 11.8 Å². The van der Waals surface area contributed by atoms with Crippen LogP contribution < -0.4 is 0 Å². The summed E-state index contributed by atoms with van der Waals surface area (Å²) in [5.74, 6) is -0.0930. The largest absolute Gasteiger partial charge is 0.465 e. The molecule has 15 heavy (non-hydrogen) atoms. The second-order valence-electron chi connectivity index (χ2n) is 4.52. The number of hydrogen-bond acceptors (Lipinski definition) is 4. The molecule has 0 N–H and O–H groups in total. The molecule has 1 rings (SSSR count). The van der Waals surface area contributed by atoms with Crippen LogP contribution in [0.4, 0.5) is 0 Å². The van der Waals surface area contributed by atoms with E-state index < -0.39 is 4.75 Å². The van der Waals surface area contributed by atoms with Crippen LogP contribution in [0, 0.1) is 0 Å². The summed E-state index contributed by atoms with van der Waals surface area (Å²) in [6, 6.07) is 0. The highest BCUT2D eigenvalue weighted by Gasteiger charge is 2.34. The van der Waals surface area contributed by atoms with Crippen LogP contribution in [0.1, 0.15) is 27.2 Å². The summed E-state index contributed by atoms with van der Waals surface area (Å²) < 4.78 is 4.66. The van der Waals surface area contributed by atoms with E-state index in [0.29, 0.717) is 11.9 Å². The van der Waals surface area contributed by atoms with Crippen molar-refractivity contribution in [3.63, 3.8) is 0 Å². The highest BCUT2D eigenvalue weighted by molar-refractivity contribution is 8.02. The molecule has 4 heteroatoms. The molecule has 88 valence electrons. The Balaban J connectivity index is 2.44. The number of nitrogens with zero attached hydrogens (tertiary/aromatic N) is 1. The summed E-state index contributed by atoms with van der Waals surface area (Å²) in [7, 11) is 2.12. The van der Waals surface area contributed by atoms with Gasteiger partial charge in [0.15, 0.2) is 0 Å². The average Bonchev–Trinajstić information content (AvgIpc) is 2.50. The summed E-state index contributed by atoms with van der Waals surface area (Å²) in [6.07, 6.45) is 1.17. The summed E-state index contributed by atoms with van der Waals surface area (Å²) in [5, 5.41) is 0.564. The first-order valence-electron chi connectivity index (χ1n) is 5.49. The van der Waals surface area contributed by atoms with E-state index in [4.69, 9.17) is 4.74 Å². The van der Waals surface area contributed by atoms with Crippen LogP contribution >= 0.6 is 11.8 Å². The van der Waals surface area contributed by atoms with Crippen molar-refractivity contribution in [2.75, 3.05) is 26.7 Å². The molecule has 0 radical (unpaired) electrons. The monoisotopic (exact) mass is 231 g/mol. The standard InChI is InChI=1S/C11H21NO2S/c1-5-14-10(13)11(2,3)15-9-6-7-12(4)8-9/h9H,5-8H2,1-4H3. The molecule has 1 saturated heterocycles. The molecule has 0 bridgehead atoms. The summed E-state index contributed by atoms with van der Waals surface area (Å²) >= 11 is 1.75. The molecular weight excluding hydrogens is 210 g/mol. The molecule has 1 atom stereocenters. The minimum absolute atomic E-state index is 0.0930. The maximum Gasteiger partial charge on any atom is 0.321 e. The Morgan fingerprint density at radius 1 is 1.60 bits per heavy atom. The van der Waals surface area contributed by atoms with Crippen LogP contribution in [0.15, 0.2) is 0 Å². The van der Waals surface area contributed by atoms with Gasteiger partial charge in [-0.25, -0.2) is 0 Å². The molecule has 1 aliphatic heterocycles. The Morgan fingerprint density at radius 2 is 2.27 bits per heavy atom. The van der Waals surface area contributed by atoms with E-state index in [1.165, 1.54) is 6.42 Å². The van der Waals surface area contributed by atoms with Crippen LogP contribution in [0.3, 0.4) is 0 Å². The highest BCUT2D eigenvalue weighted by Crippen LogP contribution is 2.34. The minimum atomic E-state index is -0.411. The Hall–Kier alpha value is -0.220. The molecule has 0 spiro atoms. The van der Waals surface area contributed by atoms with E-state index in [1.54, 1.807) is 11.8 Å². The summed E-state index contributed by atoms with van der Waals surface area (Å²) in [5.41, 5.74) is 0. The van der Waals surface area contributed by atoms with Crippen molar-refractivity contribution >= 4 is 17.7 Å². The molecular formula is C11H21NO2S. The molecule has 1 aliphatic rings. The average molecular weight is 231 g/mol. The lowest BCUT2D eigenvalue weighted by molar-refractivity contribution is -0.145. The first-order valence-corrected chi connectivity index (χ1v) is 6.37. The normalized spacial score (nSPS) is 23.1. The van der Waals surface area contributed by atoms with Gasteiger partial charge >= 0.3 is 5.97 Å². The van der Waals surface area contributed by atoms with Gasteiger partial charge < -0.3 is 9.64 Å². The fourth-order valence-corrected chi connectivity index (χ4v) is 3.30. The third-order valence-corrected chi connectivity index (χ3v) is 4.05. The van der Waals surface area contributed by atoms with Crippen molar-refractivity contribution in [2.24, 2.45) is 0 Å². The molecule has 1 fully saturated rings. The molecule has 0 amide bonds. The first-order chi connectivity index (χ1) is 6.95. The van der Waals surface area contributed by atoms with Crippen molar-refractivity contribution in [2.45, 2.75) is 37.2 Å². The van der Waals surface area contributed by atoms with Crippen LogP contribution in [-0.4, -0.2) is 47.6 Å². The van der Waals surface area contributed by atoms with E-state index in [-0.39, 0.29) is 5.97 Å². The second kappa shape index (κ2) is 5.21. The Kier molecular flexibility index (Phi) is 4.46. The van der Waals surface area contributed by atoms with Gasteiger partial charge in [-0.15, -0.1) is 11.8 Å². The molecule has 3 nitrogen and oxygen atoms in total. The number of carbonyl (C=O) groups excluding carboxylic acids is 1. The van der Waals surface area contributed by atoms with Gasteiger partial charge in [-0.1, -0.05) is 0 Å². The zero-order valence-corrected chi connectivity index (χ0v) is 10.9. The van der Waals surface area contributed by atoms with Gasteiger partial charge in [0.25, 0.3) is 0 Å². The zero-order valence-electron chi connectivity index (χ0n) is 10.1. The van der Waals surface area contributed by atoms with Gasteiger partial charge in [-0.2, -0.15) is 0 Å². The minimum Gasteiger partial charge on any atom is -0.465 e. The molecule has 1 heterocycles. The smallest absolute Gasteiger partial charge is 0.321 e. The fraction of sp³-hybridized carbons (Fsp3) is 0.909. The van der Waals surface area contributed by atoms with E-state index in [1.807, 2.05) is 20.8 Å². The molecule has 1 unspecified atom stereocenters. The number of hydrogen-bond donors (Lipinski definition) is 0. The van der Waals surface area contributed by atoms with E-state index in [2.05, 4.69) is 11.9 Å². The maximum absolute atomic E-state index is 11.7. The number of ether oxygens (including phenoxy) is 1. The number of carbonyl (C=O) groups is 1. The Morgan fingerprint density at radius 3 is 2.73 bits per heavy atom. The number of esters is 1. The zero-order chi connectivity index (χ0) is 11.5. The van der Waals surface area contributed by atoms with Crippen LogP contribution in [0.25, 0.3) is 0 Å². The quantitative estimate of drug-likeness (QED) is 0.690. The highest BCUT2D eigenvalue weighted by atomic mass is 32.2. The first kappa shape index (κ1) is 12.8. The van der Waals surface area contributed by atoms with E-state index >= 15 is 0 Å². The van der Waals surface area contributed by atoms with Crippen LogP contribution in [0.5, 0.6) is 0 Å². The third kappa shape index (κ3) is 3.68. The summed E-state index contributed by atoms with van der Waals surface area (Å²) in [6.45, 7) is 8.43. The summed E-state index contributed by atoms with van der Waals surface area (Å²) in [4.78, 5) is 14.0. The topological polar surface area (TPSA) is 29.5 Å². The van der Waals surface area contributed by atoms with Crippen LogP contribution in [-0.2, 0) is 9.53 Å². The van der Waals surface area contributed by atoms with Gasteiger partial charge in [0.05, 0.1) is 6.61 Å². The molecule has 0 aromatic carbocycles. The Bertz CT molecular complexity index is 231. The molecule has 0 aromatic rings. The lowest BCUT2D eigenvalue weighted by Crippen LogP contribution is -2.33. The van der Waals surface area contributed by atoms with Gasteiger partial charge in [-0.3, -0.25) is 4.79 Å².